The van der Waals surface area contributed by atoms with Gasteiger partial charge >= 0.3 is 0 Å². The number of aryl methyl sites for hydroxylation is 1. The quantitative estimate of drug-likeness (QED) is 0.882. The zero-order chi connectivity index (χ0) is 13.1. The number of likely N-dealkylation sites (N-methyl/N-ethyl adjacent to an activating group) is 1. The van der Waals surface area contributed by atoms with Gasteiger partial charge in [0, 0.05) is 12.6 Å². The van der Waals surface area contributed by atoms with Gasteiger partial charge in [0.1, 0.15) is 11.5 Å². The van der Waals surface area contributed by atoms with Crippen LogP contribution in [0.2, 0.25) is 0 Å². The molecule has 0 aliphatic carbocycles. The molecule has 1 aliphatic rings. The van der Waals surface area contributed by atoms with E-state index < -0.39 is 0 Å². The highest BCUT2D eigenvalue weighted by Gasteiger charge is 2.22. The lowest BCUT2D eigenvalue weighted by molar-refractivity contribution is 0.121. The van der Waals surface area contributed by atoms with Crippen LogP contribution in [0.25, 0.3) is 0 Å². The van der Waals surface area contributed by atoms with Crippen LogP contribution in [0.4, 0.5) is 0 Å². The van der Waals surface area contributed by atoms with Gasteiger partial charge < -0.3 is 15.1 Å². The number of piperidine rings is 1. The van der Waals surface area contributed by atoms with Crippen LogP contribution < -0.4 is 5.73 Å². The maximum Gasteiger partial charge on any atom is 0.120 e. The monoisotopic (exact) mass is 251 g/mol. The molecule has 1 unspecified atom stereocenters. The standard InChI is InChI=1S/C14H25N3O/c1-11-7-13(18-14(11)8-15)10-17-6-4-5-12(9-17)16(2)3/h7,12H,4-6,8-10,15H2,1-3H3. The second-order valence-electron chi connectivity index (χ2n) is 5.52. The van der Waals surface area contributed by atoms with Crippen molar-refractivity contribution in [1.29, 1.82) is 0 Å². The van der Waals surface area contributed by atoms with Crippen LogP contribution in [-0.2, 0) is 13.1 Å². The molecule has 2 N–H and O–H groups in total. The van der Waals surface area contributed by atoms with E-state index >= 15 is 0 Å². The number of likely N-dealkylation sites (tertiary alicyclic amines) is 1. The van der Waals surface area contributed by atoms with Crippen LogP contribution in [0.15, 0.2) is 10.5 Å². The Labute approximate surface area is 110 Å². The molecule has 18 heavy (non-hydrogen) atoms. The molecule has 4 nitrogen and oxygen atoms in total. The molecule has 1 aromatic heterocycles. The minimum atomic E-state index is 0.492. The van der Waals surface area contributed by atoms with Crippen molar-refractivity contribution in [2.75, 3.05) is 27.2 Å². The lowest BCUT2D eigenvalue weighted by Gasteiger charge is -2.35. The summed E-state index contributed by atoms with van der Waals surface area (Å²) in [6.45, 7) is 5.76. The summed E-state index contributed by atoms with van der Waals surface area (Å²) in [7, 11) is 4.33. The average molecular weight is 251 g/mol. The van der Waals surface area contributed by atoms with Gasteiger partial charge in [-0.15, -0.1) is 0 Å². The average Bonchev–Trinajstić information content (AvgIpc) is 2.69. The molecule has 0 saturated carbocycles. The van der Waals surface area contributed by atoms with E-state index in [1.807, 2.05) is 0 Å². The molecule has 0 aromatic carbocycles. The minimum absolute atomic E-state index is 0.492. The van der Waals surface area contributed by atoms with Crippen LogP contribution in [0.3, 0.4) is 0 Å². The Morgan fingerprint density at radius 1 is 1.50 bits per heavy atom. The number of hydrogen-bond donors (Lipinski definition) is 1. The molecule has 102 valence electrons. The van der Waals surface area contributed by atoms with Gasteiger partial charge in [0.2, 0.25) is 0 Å². The Bertz CT molecular complexity index is 386. The normalized spacial score (nSPS) is 21.7. The predicted octanol–water partition coefficient (Wildman–Crippen LogP) is 1.57. The number of nitrogens with zero attached hydrogens (tertiary/aromatic N) is 2. The summed E-state index contributed by atoms with van der Waals surface area (Å²) in [6.07, 6.45) is 2.57. The molecule has 1 atom stereocenters. The number of rotatable bonds is 4. The summed E-state index contributed by atoms with van der Waals surface area (Å²) in [5.74, 6) is 1.97. The van der Waals surface area contributed by atoms with Crippen LogP contribution in [0.1, 0.15) is 29.9 Å². The highest BCUT2D eigenvalue weighted by Crippen LogP contribution is 2.19. The Hall–Kier alpha value is -0.840. The van der Waals surface area contributed by atoms with Crippen molar-refractivity contribution in [1.82, 2.24) is 9.80 Å². The highest BCUT2D eigenvalue weighted by molar-refractivity contribution is 5.19. The smallest absolute Gasteiger partial charge is 0.120 e. The topological polar surface area (TPSA) is 45.6 Å². The summed E-state index contributed by atoms with van der Waals surface area (Å²) in [6, 6.07) is 2.80. The molecule has 0 radical (unpaired) electrons. The zero-order valence-electron chi connectivity index (χ0n) is 11.8. The van der Waals surface area contributed by atoms with Crippen molar-refractivity contribution in [3.05, 3.63) is 23.2 Å². The fourth-order valence-corrected chi connectivity index (χ4v) is 2.69. The Morgan fingerprint density at radius 2 is 2.28 bits per heavy atom. The zero-order valence-corrected chi connectivity index (χ0v) is 11.8. The van der Waals surface area contributed by atoms with E-state index in [1.54, 1.807) is 0 Å². The van der Waals surface area contributed by atoms with Crippen molar-refractivity contribution in [2.24, 2.45) is 5.73 Å². The first-order valence-corrected chi connectivity index (χ1v) is 6.77. The fourth-order valence-electron chi connectivity index (χ4n) is 2.69. The number of hydrogen-bond acceptors (Lipinski definition) is 4. The lowest BCUT2D eigenvalue weighted by atomic mass is 10.0. The van der Waals surface area contributed by atoms with E-state index in [-0.39, 0.29) is 0 Å². The van der Waals surface area contributed by atoms with Gasteiger partial charge in [0.15, 0.2) is 0 Å². The maximum absolute atomic E-state index is 5.78. The first-order valence-electron chi connectivity index (χ1n) is 6.77. The molecular weight excluding hydrogens is 226 g/mol. The van der Waals surface area contributed by atoms with Crippen molar-refractivity contribution < 1.29 is 4.42 Å². The molecule has 0 spiro atoms. The molecule has 4 heteroatoms. The van der Waals surface area contributed by atoms with Crippen LogP contribution in [0, 0.1) is 6.92 Å². The highest BCUT2D eigenvalue weighted by atomic mass is 16.3. The van der Waals surface area contributed by atoms with Crippen molar-refractivity contribution >= 4 is 0 Å². The van der Waals surface area contributed by atoms with Crippen LogP contribution in [0.5, 0.6) is 0 Å². The van der Waals surface area contributed by atoms with Gasteiger partial charge in [-0.05, 0) is 52.0 Å². The van der Waals surface area contributed by atoms with Crippen molar-refractivity contribution in [3.8, 4) is 0 Å². The molecule has 1 fully saturated rings. The first kappa shape index (κ1) is 13.6. The van der Waals surface area contributed by atoms with E-state index in [0.717, 1.165) is 24.6 Å². The van der Waals surface area contributed by atoms with Gasteiger partial charge in [0.05, 0.1) is 13.1 Å². The third-order valence-electron chi connectivity index (χ3n) is 3.85. The molecule has 1 aromatic rings. The van der Waals surface area contributed by atoms with Crippen molar-refractivity contribution in [2.45, 2.75) is 38.9 Å². The largest absolute Gasteiger partial charge is 0.463 e. The Kier molecular flexibility index (Phi) is 4.43. The molecule has 2 rings (SSSR count). The molecule has 0 amide bonds. The Balaban J connectivity index is 1.96. The predicted molar refractivity (Wildman–Crippen MR) is 73.3 cm³/mol. The van der Waals surface area contributed by atoms with Gasteiger partial charge in [-0.2, -0.15) is 0 Å². The van der Waals surface area contributed by atoms with Gasteiger partial charge in [-0.25, -0.2) is 0 Å². The van der Waals surface area contributed by atoms with Gasteiger partial charge in [0.25, 0.3) is 0 Å². The summed E-state index contributed by atoms with van der Waals surface area (Å²) in [5.41, 5.74) is 6.82. The van der Waals surface area contributed by atoms with Gasteiger partial charge in [-0.3, -0.25) is 4.90 Å². The third-order valence-corrected chi connectivity index (χ3v) is 3.85. The molecular formula is C14H25N3O. The number of nitrogens with two attached hydrogens (primary N) is 1. The summed E-state index contributed by atoms with van der Waals surface area (Å²) >= 11 is 0. The summed E-state index contributed by atoms with van der Waals surface area (Å²) < 4.78 is 5.78. The summed E-state index contributed by atoms with van der Waals surface area (Å²) in [4.78, 5) is 4.80. The van der Waals surface area contributed by atoms with E-state index in [9.17, 15) is 0 Å². The van der Waals surface area contributed by atoms with E-state index in [2.05, 4.69) is 36.9 Å². The SMILES string of the molecule is Cc1cc(CN2CCCC(N(C)C)C2)oc1CN. The first-order chi connectivity index (χ1) is 8.60. The van der Waals surface area contributed by atoms with Gasteiger partial charge in [-0.1, -0.05) is 0 Å². The Morgan fingerprint density at radius 3 is 2.89 bits per heavy atom. The minimum Gasteiger partial charge on any atom is -0.463 e. The second-order valence-corrected chi connectivity index (χ2v) is 5.52. The van der Waals surface area contributed by atoms with Crippen molar-refractivity contribution in [3.63, 3.8) is 0 Å². The molecule has 1 aliphatic heterocycles. The lowest BCUT2D eigenvalue weighted by Crippen LogP contribution is -2.44. The molecule has 0 bridgehead atoms. The van der Waals surface area contributed by atoms with E-state index in [0.29, 0.717) is 12.6 Å². The molecule has 2 heterocycles. The fraction of sp³-hybridized carbons (Fsp3) is 0.714. The number of furan rings is 1. The van der Waals surface area contributed by atoms with Crippen LogP contribution >= 0.6 is 0 Å². The molecule has 1 saturated heterocycles. The van der Waals surface area contributed by atoms with E-state index in [4.69, 9.17) is 10.2 Å². The summed E-state index contributed by atoms with van der Waals surface area (Å²) in [5, 5.41) is 0. The maximum atomic E-state index is 5.78. The van der Waals surface area contributed by atoms with E-state index in [1.165, 1.54) is 24.9 Å². The third kappa shape index (κ3) is 3.13. The van der Waals surface area contributed by atoms with Crippen LogP contribution in [-0.4, -0.2) is 43.0 Å². The second kappa shape index (κ2) is 5.87.